The zero-order valence-electron chi connectivity index (χ0n) is 16.0. The van der Waals surface area contributed by atoms with Crippen LogP contribution < -0.4 is 10.9 Å². The van der Waals surface area contributed by atoms with Gasteiger partial charge in [0.15, 0.2) is 5.11 Å². The van der Waals surface area contributed by atoms with Crippen LogP contribution in [0, 0.1) is 6.92 Å². The normalized spacial score (nSPS) is 16.5. The number of hydrazone groups is 1. The number of thiocarbonyl (C=S) groups is 1. The van der Waals surface area contributed by atoms with E-state index in [1.54, 1.807) is 21.8 Å². The zero-order valence-corrected chi connectivity index (χ0v) is 17.6. The van der Waals surface area contributed by atoms with E-state index in [2.05, 4.69) is 15.4 Å². The average Bonchev–Trinajstić information content (AvgIpc) is 3.32. The Morgan fingerprint density at radius 2 is 1.80 bits per heavy atom. The lowest BCUT2D eigenvalue weighted by Crippen LogP contribution is -2.31. The first-order chi connectivity index (χ1) is 14.3. The van der Waals surface area contributed by atoms with Crippen LogP contribution in [0.25, 0.3) is 5.69 Å². The monoisotopic (exact) mass is 441 g/mol. The first-order valence-corrected chi connectivity index (χ1v) is 11.0. The minimum Gasteiger partial charge on any atom is -0.375 e. The molecule has 0 saturated carbocycles. The molecule has 3 aromatic rings. The van der Waals surface area contributed by atoms with Crippen molar-refractivity contribution in [1.82, 2.24) is 20.0 Å². The molecule has 1 atom stereocenters. The second-order valence-electron chi connectivity index (χ2n) is 6.83. The Bertz CT molecular complexity index is 1240. The summed E-state index contributed by atoms with van der Waals surface area (Å²) in [5.41, 5.74) is 9.72. The number of primary sulfonamides is 1. The lowest BCUT2D eigenvalue weighted by molar-refractivity contribution is 0.373. The van der Waals surface area contributed by atoms with Gasteiger partial charge in [0, 0.05) is 6.42 Å². The van der Waals surface area contributed by atoms with Crippen LogP contribution in [0.2, 0.25) is 0 Å². The van der Waals surface area contributed by atoms with E-state index in [1.165, 1.54) is 12.1 Å². The highest BCUT2D eigenvalue weighted by atomic mass is 32.2. The number of hydrogen-bond acceptors (Lipinski definition) is 6. The fraction of sp³-hybridized carbons (Fsp3) is 0.158. The van der Waals surface area contributed by atoms with E-state index in [1.807, 2.05) is 37.3 Å². The van der Waals surface area contributed by atoms with Gasteiger partial charge in [-0.25, -0.2) is 23.2 Å². The van der Waals surface area contributed by atoms with Gasteiger partial charge in [0.25, 0.3) is 0 Å². The van der Waals surface area contributed by atoms with Crippen molar-refractivity contribution in [2.45, 2.75) is 24.3 Å². The molecule has 0 aliphatic carbocycles. The number of rotatable bonds is 4. The fourth-order valence-electron chi connectivity index (χ4n) is 3.41. The SMILES string of the molecule is Cc1c(C2=NN(C(N)=S)C(c3ccccc3)C2)nnn1-c1ccc(S(N)(=O)=O)cc1. The first-order valence-electron chi connectivity index (χ1n) is 9.02. The maximum absolute atomic E-state index is 11.5. The molecule has 0 fully saturated rings. The molecule has 0 saturated heterocycles. The number of aromatic nitrogens is 3. The zero-order chi connectivity index (χ0) is 21.5. The molecule has 4 rings (SSSR count). The predicted molar refractivity (Wildman–Crippen MR) is 116 cm³/mol. The molecule has 0 amide bonds. The predicted octanol–water partition coefficient (Wildman–Crippen LogP) is 1.62. The summed E-state index contributed by atoms with van der Waals surface area (Å²) in [5.74, 6) is 0. The summed E-state index contributed by atoms with van der Waals surface area (Å²) in [5, 5.41) is 20.1. The van der Waals surface area contributed by atoms with Crippen molar-refractivity contribution in [3.63, 3.8) is 0 Å². The molecular formula is C19H19N7O2S2. The highest BCUT2D eigenvalue weighted by Crippen LogP contribution is 2.32. The molecule has 1 aromatic heterocycles. The van der Waals surface area contributed by atoms with E-state index < -0.39 is 10.0 Å². The Balaban J connectivity index is 1.67. The molecule has 2 heterocycles. The minimum atomic E-state index is -3.76. The summed E-state index contributed by atoms with van der Waals surface area (Å²) in [6.07, 6.45) is 0.575. The highest BCUT2D eigenvalue weighted by Gasteiger charge is 2.32. The summed E-state index contributed by atoms with van der Waals surface area (Å²) in [6.45, 7) is 1.87. The molecule has 30 heavy (non-hydrogen) atoms. The Hall–Kier alpha value is -3.15. The van der Waals surface area contributed by atoms with E-state index in [0.717, 1.165) is 17.0 Å². The van der Waals surface area contributed by atoms with Gasteiger partial charge < -0.3 is 5.73 Å². The summed E-state index contributed by atoms with van der Waals surface area (Å²) >= 11 is 5.19. The Morgan fingerprint density at radius 3 is 2.40 bits per heavy atom. The van der Waals surface area contributed by atoms with Gasteiger partial charge in [-0.15, -0.1) is 5.10 Å². The van der Waals surface area contributed by atoms with Crippen molar-refractivity contribution in [3.05, 3.63) is 71.5 Å². The molecule has 0 spiro atoms. The number of nitrogens with zero attached hydrogens (tertiary/aromatic N) is 5. The number of sulfonamides is 1. The van der Waals surface area contributed by atoms with E-state index in [9.17, 15) is 8.42 Å². The lowest BCUT2D eigenvalue weighted by atomic mass is 10.0. The van der Waals surface area contributed by atoms with Crippen molar-refractivity contribution < 1.29 is 8.42 Å². The van der Waals surface area contributed by atoms with E-state index in [0.29, 0.717) is 17.8 Å². The van der Waals surface area contributed by atoms with Crippen molar-refractivity contribution >= 4 is 33.1 Å². The number of hydrogen-bond donors (Lipinski definition) is 2. The molecule has 2 aromatic carbocycles. The van der Waals surface area contributed by atoms with E-state index in [4.69, 9.17) is 23.1 Å². The second kappa shape index (κ2) is 7.59. The van der Waals surface area contributed by atoms with Crippen molar-refractivity contribution in [3.8, 4) is 5.69 Å². The van der Waals surface area contributed by atoms with Gasteiger partial charge in [0.05, 0.1) is 28.0 Å². The summed E-state index contributed by atoms with van der Waals surface area (Å²) < 4.78 is 24.5. The van der Waals surface area contributed by atoms with E-state index in [-0.39, 0.29) is 16.0 Å². The van der Waals surface area contributed by atoms with Crippen LogP contribution in [0.4, 0.5) is 0 Å². The van der Waals surface area contributed by atoms with Crippen LogP contribution in [-0.4, -0.2) is 39.2 Å². The van der Waals surface area contributed by atoms with Crippen LogP contribution in [0.3, 0.4) is 0 Å². The maximum atomic E-state index is 11.5. The molecule has 1 unspecified atom stereocenters. The highest BCUT2D eigenvalue weighted by molar-refractivity contribution is 7.89. The topological polar surface area (TPSA) is 132 Å². The van der Waals surface area contributed by atoms with Crippen LogP contribution in [0.1, 0.15) is 29.4 Å². The molecule has 154 valence electrons. The van der Waals surface area contributed by atoms with Gasteiger partial charge in [-0.3, -0.25) is 0 Å². The summed E-state index contributed by atoms with van der Waals surface area (Å²) in [6, 6.07) is 15.9. The van der Waals surface area contributed by atoms with Gasteiger partial charge in [-0.1, -0.05) is 35.5 Å². The molecule has 0 radical (unpaired) electrons. The van der Waals surface area contributed by atoms with Crippen molar-refractivity contribution in [2.24, 2.45) is 16.0 Å². The maximum Gasteiger partial charge on any atom is 0.238 e. The third-order valence-corrected chi connectivity index (χ3v) is 6.01. The van der Waals surface area contributed by atoms with Crippen LogP contribution in [0.15, 0.2) is 64.6 Å². The molecule has 9 nitrogen and oxygen atoms in total. The first kappa shape index (κ1) is 20.1. The Labute approximate surface area is 179 Å². The molecule has 11 heteroatoms. The molecule has 0 bridgehead atoms. The van der Waals surface area contributed by atoms with Crippen molar-refractivity contribution in [2.75, 3.05) is 0 Å². The number of benzene rings is 2. The second-order valence-corrected chi connectivity index (χ2v) is 8.81. The van der Waals surface area contributed by atoms with Crippen LogP contribution >= 0.6 is 12.2 Å². The van der Waals surface area contributed by atoms with Gasteiger partial charge in [-0.2, -0.15) is 5.10 Å². The average molecular weight is 442 g/mol. The third-order valence-electron chi connectivity index (χ3n) is 4.90. The quantitative estimate of drug-likeness (QED) is 0.588. The van der Waals surface area contributed by atoms with Crippen LogP contribution in [0.5, 0.6) is 0 Å². The van der Waals surface area contributed by atoms with Crippen molar-refractivity contribution in [1.29, 1.82) is 0 Å². The van der Waals surface area contributed by atoms with Gasteiger partial charge in [0.1, 0.15) is 5.69 Å². The fourth-order valence-corrected chi connectivity index (χ4v) is 4.09. The standard InChI is InChI=1S/C19H19N7O2S2/c1-12-18(22-24-25(12)14-7-9-15(10-8-14)30(21,27)28)16-11-17(26(23-16)19(20)29)13-5-3-2-4-6-13/h2-10,17H,11H2,1H3,(H2,20,29)(H2,21,27,28). The Morgan fingerprint density at radius 1 is 1.13 bits per heavy atom. The third kappa shape index (κ3) is 3.70. The molecule has 4 N–H and O–H groups in total. The van der Waals surface area contributed by atoms with Gasteiger partial charge in [0.2, 0.25) is 10.0 Å². The lowest BCUT2D eigenvalue weighted by Gasteiger charge is -2.21. The molecular weight excluding hydrogens is 422 g/mol. The summed E-state index contributed by atoms with van der Waals surface area (Å²) in [4.78, 5) is 0.0298. The number of nitrogens with two attached hydrogens (primary N) is 2. The largest absolute Gasteiger partial charge is 0.375 e. The Kier molecular flexibility index (Phi) is 5.10. The smallest absolute Gasteiger partial charge is 0.238 e. The van der Waals surface area contributed by atoms with Crippen LogP contribution in [-0.2, 0) is 10.0 Å². The van der Waals surface area contributed by atoms with E-state index >= 15 is 0 Å². The minimum absolute atomic E-state index is 0.0298. The summed E-state index contributed by atoms with van der Waals surface area (Å²) in [7, 11) is -3.76. The van der Waals surface area contributed by atoms with Gasteiger partial charge >= 0.3 is 0 Å². The molecule has 1 aliphatic rings. The molecule has 1 aliphatic heterocycles. The van der Waals surface area contributed by atoms with Gasteiger partial charge in [-0.05, 0) is 49.0 Å².